The topological polar surface area (TPSA) is 17.1 Å². The first kappa shape index (κ1) is 10.9. The molecule has 0 aromatic heterocycles. The number of carbonyl (C=O) groups excluding carboxylic acids is 1. The summed E-state index contributed by atoms with van der Waals surface area (Å²) in [6, 6.07) is 6.11. The molecule has 0 amide bonds. The molecule has 1 fully saturated rings. The summed E-state index contributed by atoms with van der Waals surface area (Å²) in [5.41, 5.74) is 2.57. The Labute approximate surface area is 101 Å². The molecule has 0 aliphatic heterocycles. The van der Waals surface area contributed by atoms with E-state index in [-0.39, 0.29) is 5.78 Å². The second-order valence-electron chi connectivity index (χ2n) is 5.41. The highest BCUT2D eigenvalue weighted by Crippen LogP contribution is 2.48. The van der Waals surface area contributed by atoms with Crippen molar-refractivity contribution in [3.8, 4) is 0 Å². The van der Waals surface area contributed by atoms with Crippen LogP contribution in [0.3, 0.4) is 0 Å². The summed E-state index contributed by atoms with van der Waals surface area (Å²) in [5.74, 6) is 0.120. The number of rotatable bonds is 0. The summed E-state index contributed by atoms with van der Waals surface area (Å²) >= 11 is 0. The summed E-state index contributed by atoms with van der Waals surface area (Å²) in [6.45, 7) is 2.05. The van der Waals surface area contributed by atoms with Gasteiger partial charge in [0.2, 0.25) is 0 Å². The normalized spacial score (nSPS) is 31.9. The van der Waals surface area contributed by atoms with Crippen LogP contribution in [0.1, 0.15) is 42.4 Å². The van der Waals surface area contributed by atoms with Crippen LogP contribution in [0.4, 0.5) is 4.39 Å². The van der Waals surface area contributed by atoms with Gasteiger partial charge in [0.15, 0.2) is 0 Å². The molecule has 2 heteroatoms. The van der Waals surface area contributed by atoms with E-state index in [1.165, 1.54) is 11.1 Å². The number of alkyl halides is 1. The Morgan fingerprint density at radius 1 is 1.35 bits per heavy atom. The molecule has 1 nitrogen and oxygen atoms in total. The second kappa shape index (κ2) is 3.66. The van der Waals surface area contributed by atoms with Crippen molar-refractivity contribution in [1.29, 1.82) is 0 Å². The van der Waals surface area contributed by atoms with Crippen LogP contribution in [0.15, 0.2) is 18.2 Å². The van der Waals surface area contributed by atoms with E-state index in [1.807, 2.05) is 19.1 Å². The minimum Gasteiger partial charge on any atom is -0.299 e. The predicted molar refractivity (Wildman–Crippen MR) is 64.9 cm³/mol. The Hall–Kier alpha value is -1.18. The summed E-state index contributed by atoms with van der Waals surface area (Å²) in [7, 11) is 0. The number of hydrogen-bond acceptors (Lipinski definition) is 1. The highest BCUT2D eigenvalue weighted by Gasteiger charge is 2.52. The average molecular weight is 232 g/mol. The Balaban J connectivity index is 2.20. The van der Waals surface area contributed by atoms with Gasteiger partial charge in [-0.25, -0.2) is 4.39 Å². The molecule has 0 saturated heterocycles. The minimum atomic E-state index is -0.979. The number of aryl methyl sites for hydroxylation is 2. The third kappa shape index (κ3) is 1.39. The molecule has 2 aliphatic carbocycles. The molecular formula is C15H17FO. The zero-order valence-electron chi connectivity index (χ0n) is 10.1. The van der Waals surface area contributed by atoms with Crippen LogP contribution in [-0.4, -0.2) is 12.0 Å². The van der Waals surface area contributed by atoms with E-state index in [2.05, 4.69) is 6.07 Å². The highest BCUT2D eigenvalue weighted by molar-refractivity contribution is 5.93. The molecule has 1 saturated carbocycles. The van der Waals surface area contributed by atoms with Gasteiger partial charge in [0, 0.05) is 6.42 Å². The Morgan fingerprint density at radius 2 is 2.18 bits per heavy atom. The Morgan fingerprint density at radius 3 is 2.88 bits per heavy atom. The summed E-state index contributed by atoms with van der Waals surface area (Å²) in [5, 5.41) is 0. The van der Waals surface area contributed by atoms with Crippen LogP contribution in [0.25, 0.3) is 0 Å². The molecule has 2 unspecified atom stereocenters. The molecule has 3 rings (SSSR count). The Bertz CT molecular complexity index is 480. The monoisotopic (exact) mass is 232 g/mol. The predicted octanol–water partition coefficient (Wildman–Crippen LogP) is 3.27. The number of hydrogen-bond donors (Lipinski definition) is 0. The molecule has 1 spiro atoms. The second-order valence-corrected chi connectivity index (χ2v) is 5.41. The van der Waals surface area contributed by atoms with E-state index in [0.29, 0.717) is 19.3 Å². The van der Waals surface area contributed by atoms with Crippen molar-refractivity contribution < 1.29 is 9.18 Å². The van der Waals surface area contributed by atoms with Crippen molar-refractivity contribution in [3.63, 3.8) is 0 Å². The number of ketones is 1. The van der Waals surface area contributed by atoms with Crippen LogP contribution < -0.4 is 0 Å². The molecule has 1 aromatic rings. The number of benzene rings is 1. The van der Waals surface area contributed by atoms with E-state index in [1.54, 1.807) is 0 Å². The zero-order chi connectivity index (χ0) is 12.0. The van der Waals surface area contributed by atoms with Gasteiger partial charge in [-0.15, -0.1) is 0 Å². The molecule has 0 heterocycles. The van der Waals surface area contributed by atoms with Gasteiger partial charge < -0.3 is 0 Å². The first-order valence-corrected chi connectivity index (χ1v) is 6.42. The zero-order valence-corrected chi connectivity index (χ0v) is 10.1. The highest BCUT2D eigenvalue weighted by atomic mass is 19.1. The molecular weight excluding hydrogens is 215 g/mol. The van der Waals surface area contributed by atoms with Crippen LogP contribution in [0, 0.1) is 6.92 Å². The summed E-state index contributed by atoms with van der Waals surface area (Å²) < 4.78 is 14.4. The van der Waals surface area contributed by atoms with Crippen molar-refractivity contribution in [1.82, 2.24) is 0 Å². The Kier molecular flexibility index (Phi) is 2.35. The first-order chi connectivity index (χ1) is 8.14. The smallest absolute Gasteiger partial charge is 0.146 e. The standard InChI is InChI=1S/C15H17FO/c1-10-4-6-12-11(9-10)5-7-13(16)15(12)8-2-3-14(15)17/h4,6,9,13H,2-3,5,7-8H2,1H3. The van der Waals surface area contributed by atoms with Gasteiger partial charge in [0.25, 0.3) is 0 Å². The van der Waals surface area contributed by atoms with Gasteiger partial charge in [-0.1, -0.05) is 23.8 Å². The van der Waals surface area contributed by atoms with E-state index in [9.17, 15) is 9.18 Å². The first-order valence-electron chi connectivity index (χ1n) is 6.42. The lowest BCUT2D eigenvalue weighted by atomic mass is 9.67. The third-order valence-electron chi connectivity index (χ3n) is 4.42. The lowest BCUT2D eigenvalue weighted by molar-refractivity contribution is -0.124. The van der Waals surface area contributed by atoms with Crippen molar-refractivity contribution in [2.75, 3.05) is 0 Å². The van der Waals surface area contributed by atoms with E-state index in [0.717, 1.165) is 18.4 Å². The lowest BCUT2D eigenvalue weighted by Crippen LogP contribution is -2.44. The van der Waals surface area contributed by atoms with Crippen molar-refractivity contribution >= 4 is 5.78 Å². The van der Waals surface area contributed by atoms with Gasteiger partial charge >= 0.3 is 0 Å². The van der Waals surface area contributed by atoms with Gasteiger partial charge in [-0.3, -0.25) is 4.79 Å². The number of fused-ring (bicyclic) bond motifs is 2. The maximum Gasteiger partial charge on any atom is 0.146 e. The van der Waals surface area contributed by atoms with Crippen LogP contribution in [0.5, 0.6) is 0 Å². The fourth-order valence-corrected chi connectivity index (χ4v) is 3.57. The molecule has 90 valence electrons. The van der Waals surface area contributed by atoms with Crippen molar-refractivity contribution in [3.05, 3.63) is 34.9 Å². The molecule has 2 atom stereocenters. The van der Waals surface area contributed by atoms with Gasteiger partial charge in [-0.05, 0) is 43.7 Å². The molecule has 0 bridgehead atoms. The van der Waals surface area contributed by atoms with E-state index >= 15 is 0 Å². The third-order valence-corrected chi connectivity index (χ3v) is 4.42. The minimum absolute atomic E-state index is 0.120. The summed E-state index contributed by atoms with van der Waals surface area (Å²) in [4.78, 5) is 12.2. The van der Waals surface area contributed by atoms with E-state index in [4.69, 9.17) is 0 Å². The number of Topliss-reactive ketones (excluding diaryl/α,β-unsaturated/α-hetero) is 1. The molecule has 0 radical (unpaired) electrons. The maximum atomic E-state index is 14.4. The van der Waals surface area contributed by atoms with Gasteiger partial charge in [0.05, 0.1) is 5.41 Å². The van der Waals surface area contributed by atoms with Crippen molar-refractivity contribution in [2.24, 2.45) is 0 Å². The average Bonchev–Trinajstić information content (AvgIpc) is 2.68. The van der Waals surface area contributed by atoms with Crippen molar-refractivity contribution in [2.45, 2.75) is 50.6 Å². The molecule has 1 aromatic carbocycles. The SMILES string of the molecule is Cc1ccc2c(c1)CCC(F)C21CCCC1=O. The quantitative estimate of drug-likeness (QED) is 0.671. The maximum absolute atomic E-state index is 14.4. The molecule has 2 aliphatic rings. The lowest BCUT2D eigenvalue weighted by Gasteiger charge is -2.37. The van der Waals surface area contributed by atoms with Gasteiger partial charge in [-0.2, -0.15) is 0 Å². The fraction of sp³-hybridized carbons (Fsp3) is 0.533. The van der Waals surface area contributed by atoms with Gasteiger partial charge in [0.1, 0.15) is 12.0 Å². The largest absolute Gasteiger partial charge is 0.299 e. The van der Waals surface area contributed by atoms with E-state index < -0.39 is 11.6 Å². The van der Waals surface area contributed by atoms with Crippen LogP contribution in [0.2, 0.25) is 0 Å². The number of carbonyl (C=O) groups is 1. The fourth-order valence-electron chi connectivity index (χ4n) is 3.57. The number of halogens is 1. The summed E-state index contributed by atoms with van der Waals surface area (Å²) in [6.07, 6.45) is 2.38. The molecule has 0 N–H and O–H groups in total. The van der Waals surface area contributed by atoms with Crippen LogP contribution >= 0.6 is 0 Å². The molecule has 17 heavy (non-hydrogen) atoms. The van der Waals surface area contributed by atoms with Crippen LogP contribution in [-0.2, 0) is 16.6 Å².